The van der Waals surface area contributed by atoms with Gasteiger partial charge in [0.05, 0.1) is 0 Å². The SMILES string of the molecule is [CH2][CH]C(O)F. The van der Waals surface area contributed by atoms with Gasteiger partial charge < -0.3 is 5.11 Å². The first-order valence-electron chi connectivity index (χ1n) is 1.22. The summed E-state index contributed by atoms with van der Waals surface area (Å²) in [5.41, 5.74) is 0. The summed E-state index contributed by atoms with van der Waals surface area (Å²) >= 11 is 0. The minimum Gasteiger partial charge on any atom is -0.364 e. The fraction of sp³-hybridized carbons (Fsp3) is 0.333. The van der Waals surface area contributed by atoms with Gasteiger partial charge in [0.25, 0.3) is 0 Å². The van der Waals surface area contributed by atoms with Crippen molar-refractivity contribution in [2.45, 2.75) is 6.36 Å². The van der Waals surface area contributed by atoms with E-state index in [0.29, 0.717) is 0 Å². The van der Waals surface area contributed by atoms with Crippen LogP contribution >= 0.6 is 0 Å². The van der Waals surface area contributed by atoms with Crippen molar-refractivity contribution in [3.8, 4) is 0 Å². The van der Waals surface area contributed by atoms with Gasteiger partial charge >= 0.3 is 0 Å². The molecule has 0 aromatic heterocycles. The van der Waals surface area contributed by atoms with Gasteiger partial charge in [-0.05, 0) is 6.92 Å². The van der Waals surface area contributed by atoms with Crippen LogP contribution in [-0.4, -0.2) is 11.5 Å². The highest BCUT2D eigenvalue weighted by Gasteiger charge is 1.88. The number of aliphatic hydroxyl groups excluding tert-OH is 1. The predicted molar refractivity (Wildman–Crippen MR) is 16.8 cm³/mol. The first kappa shape index (κ1) is 4.89. The van der Waals surface area contributed by atoms with E-state index >= 15 is 0 Å². The Balaban J connectivity index is 2.54. The van der Waals surface area contributed by atoms with Gasteiger partial charge in [0.2, 0.25) is 0 Å². The van der Waals surface area contributed by atoms with Crippen LogP contribution in [-0.2, 0) is 0 Å². The number of halogens is 1. The maximum Gasteiger partial charge on any atom is 0.199 e. The maximum absolute atomic E-state index is 10.9. The zero-order valence-electron chi connectivity index (χ0n) is 2.69. The molecule has 0 fully saturated rings. The van der Waals surface area contributed by atoms with Crippen LogP contribution in [0.4, 0.5) is 4.39 Å². The summed E-state index contributed by atoms with van der Waals surface area (Å²) in [6, 6.07) is 0. The van der Waals surface area contributed by atoms with Crippen LogP contribution in [0.2, 0.25) is 0 Å². The molecule has 0 amide bonds. The van der Waals surface area contributed by atoms with E-state index < -0.39 is 6.36 Å². The molecule has 2 heteroatoms. The van der Waals surface area contributed by atoms with Crippen LogP contribution < -0.4 is 0 Å². The van der Waals surface area contributed by atoms with Crippen molar-refractivity contribution in [3.63, 3.8) is 0 Å². The van der Waals surface area contributed by atoms with Gasteiger partial charge in [-0.3, -0.25) is 0 Å². The Morgan fingerprint density at radius 2 is 2.20 bits per heavy atom. The number of aliphatic hydroxyl groups is 1. The molecule has 0 aromatic carbocycles. The molecule has 5 heavy (non-hydrogen) atoms. The molecule has 0 saturated carbocycles. The summed E-state index contributed by atoms with van der Waals surface area (Å²) in [4.78, 5) is 0. The molecule has 0 heterocycles. The second-order valence-corrected chi connectivity index (χ2v) is 0.608. The highest BCUT2D eigenvalue weighted by atomic mass is 19.1. The highest BCUT2D eigenvalue weighted by Crippen LogP contribution is 1.83. The lowest BCUT2D eigenvalue weighted by molar-refractivity contribution is 0.0765. The summed E-state index contributed by atoms with van der Waals surface area (Å²) in [6.07, 6.45) is -1.05. The molecule has 0 aliphatic rings. The molecule has 0 aromatic rings. The van der Waals surface area contributed by atoms with E-state index in [2.05, 4.69) is 6.92 Å². The monoisotopic (exact) mass is 76.0 g/mol. The molecule has 2 radical (unpaired) electrons. The standard InChI is InChI=1S/C3H5FO/c1-2-3(4)5/h2-3,5H,1H2. The topological polar surface area (TPSA) is 20.2 Å². The number of hydrogen-bond acceptors (Lipinski definition) is 1. The van der Waals surface area contributed by atoms with Crippen molar-refractivity contribution in [2.24, 2.45) is 0 Å². The highest BCUT2D eigenvalue weighted by molar-refractivity contribution is 4.67. The quantitative estimate of drug-likeness (QED) is 0.476. The Bertz CT molecular complexity index is 20.9. The molecule has 0 rings (SSSR count). The van der Waals surface area contributed by atoms with E-state index in [-0.39, 0.29) is 0 Å². The van der Waals surface area contributed by atoms with Gasteiger partial charge in [-0.25, -0.2) is 4.39 Å². The first-order chi connectivity index (χ1) is 2.27. The Labute approximate surface area is 30.4 Å². The van der Waals surface area contributed by atoms with Crippen LogP contribution in [0.5, 0.6) is 0 Å². The second-order valence-electron chi connectivity index (χ2n) is 0.608. The normalized spacial score (nSPS) is 15.0. The van der Waals surface area contributed by atoms with Gasteiger partial charge in [-0.1, -0.05) is 0 Å². The Morgan fingerprint density at radius 3 is 2.20 bits per heavy atom. The Morgan fingerprint density at radius 1 is 2.00 bits per heavy atom. The molecular formula is C3H5FO. The summed E-state index contributed by atoms with van der Waals surface area (Å²) in [5, 5.41) is 7.58. The molecule has 30 valence electrons. The van der Waals surface area contributed by atoms with Gasteiger partial charge in [0, 0.05) is 6.42 Å². The summed E-state index contributed by atoms with van der Waals surface area (Å²) in [6.45, 7) is 2.94. The molecule has 0 saturated heterocycles. The van der Waals surface area contributed by atoms with Crippen LogP contribution in [0.1, 0.15) is 0 Å². The number of alkyl halides is 1. The zero-order valence-corrected chi connectivity index (χ0v) is 2.69. The van der Waals surface area contributed by atoms with Crippen LogP contribution in [0.15, 0.2) is 0 Å². The summed E-state index contributed by atoms with van der Waals surface area (Å²) in [5.74, 6) is 0. The van der Waals surface area contributed by atoms with E-state index in [4.69, 9.17) is 5.11 Å². The molecule has 1 unspecified atom stereocenters. The molecule has 0 aliphatic carbocycles. The molecule has 1 atom stereocenters. The molecule has 0 bridgehead atoms. The third kappa shape index (κ3) is 3.89. The lowest BCUT2D eigenvalue weighted by Crippen LogP contribution is -1.92. The van der Waals surface area contributed by atoms with Crippen molar-refractivity contribution in [2.75, 3.05) is 0 Å². The smallest absolute Gasteiger partial charge is 0.199 e. The van der Waals surface area contributed by atoms with Crippen molar-refractivity contribution < 1.29 is 9.50 Å². The van der Waals surface area contributed by atoms with E-state index in [0.717, 1.165) is 6.42 Å². The average molecular weight is 76.1 g/mol. The Hall–Kier alpha value is -0.110. The summed E-state index contributed by atoms with van der Waals surface area (Å²) in [7, 11) is 0. The van der Waals surface area contributed by atoms with E-state index in [9.17, 15) is 4.39 Å². The fourth-order valence-electron chi connectivity index (χ4n) is 0. The zero-order chi connectivity index (χ0) is 4.28. The van der Waals surface area contributed by atoms with E-state index in [1.807, 2.05) is 0 Å². The molecule has 1 nitrogen and oxygen atoms in total. The molecular weight excluding hydrogens is 71.0 g/mol. The van der Waals surface area contributed by atoms with E-state index in [1.165, 1.54) is 0 Å². The van der Waals surface area contributed by atoms with E-state index in [1.54, 1.807) is 0 Å². The average Bonchev–Trinajstić information content (AvgIpc) is 1.38. The minimum atomic E-state index is -1.85. The van der Waals surface area contributed by atoms with Crippen molar-refractivity contribution in [1.82, 2.24) is 0 Å². The Kier molecular flexibility index (Phi) is 2.10. The minimum absolute atomic E-state index is 0.806. The van der Waals surface area contributed by atoms with Gasteiger partial charge in [0.15, 0.2) is 6.36 Å². The third-order valence-electron chi connectivity index (χ3n) is 0.194. The number of hydrogen-bond donors (Lipinski definition) is 1. The van der Waals surface area contributed by atoms with Crippen LogP contribution in [0, 0.1) is 13.3 Å². The lowest BCUT2D eigenvalue weighted by Gasteiger charge is -1.85. The fourth-order valence-corrected chi connectivity index (χ4v) is 0. The number of rotatable bonds is 1. The van der Waals surface area contributed by atoms with Gasteiger partial charge in [-0.15, -0.1) is 0 Å². The van der Waals surface area contributed by atoms with Crippen molar-refractivity contribution in [1.29, 1.82) is 0 Å². The first-order valence-corrected chi connectivity index (χ1v) is 1.22. The van der Waals surface area contributed by atoms with Crippen LogP contribution in [0.3, 0.4) is 0 Å². The van der Waals surface area contributed by atoms with Crippen LogP contribution in [0.25, 0.3) is 0 Å². The van der Waals surface area contributed by atoms with Crippen molar-refractivity contribution >= 4 is 0 Å². The second kappa shape index (κ2) is 2.15. The predicted octanol–water partition coefficient (Wildman–Crippen LogP) is 0.313. The summed E-state index contributed by atoms with van der Waals surface area (Å²) < 4.78 is 10.9. The van der Waals surface area contributed by atoms with Crippen molar-refractivity contribution in [3.05, 3.63) is 13.3 Å². The molecule has 0 aliphatic heterocycles. The van der Waals surface area contributed by atoms with Gasteiger partial charge in [-0.2, -0.15) is 0 Å². The largest absolute Gasteiger partial charge is 0.364 e. The van der Waals surface area contributed by atoms with Gasteiger partial charge in [0.1, 0.15) is 0 Å². The molecule has 1 N–H and O–H groups in total. The maximum atomic E-state index is 10.9. The lowest BCUT2D eigenvalue weighted by atomic mass is 10.5. The third-order valence-corrected chi connectivity index (χ3v) is 0.194. The molecule has 0 spiro atoms.